The van der Waals surface area contributed by atoms with E-state index in [4.69, 9.17) is 16.6 Å². The Morgan fingerprint density at radius 1 is 1.47 bits per heavy atom. The predicted octanol–water partition coefficient (Wildman–Crippen LogP) is -0.0694. The highest BCUT2D eigenvalue weighted by atomic mass is 32.2. The number of thiophene rings is 1. The van der Waals surface area contributed by atoms with Crippen molar-refractivity contribution in [3.8, 4) is 0 Å². The van der Waals surface area contributed by atoms with Gasteiger partial charge >= 0.3 is 5.97 Å². The van der Waals surface area contributed by atoms with E-state index >= 15 is 0 Å². The van der Waals surface area contributed by atoms with Crippen LogP contribution in [0.15, 0.2) is 11.4 Å². The minimum absolute atomic E-state index is 0.0527. The lowest BCUT2D eigenvalue weighted by Gasteiger charge is -2.06. The smallest absolute Gasteiger partial charge is 0.321 e. The zero-order chi connectivity index (χ0) is 14.4. The molecule has 0 bridgehead atoms. The van der Waals surface area contributed by atoms with Crippen LogP contribution in [0.1, 0.15) is 10.4 Å². The second kappa shape index (κ2) is 7.12. The topological polar surface area (TPSA) is 136 Å². The summed E-state index contributed by atoms with van der Waals surface area (Å²) < 4.78 is 0. The first-order valence-corrected chi connectivity index (χ1v) is 7.18. The van der Waals surface area contributed by atoms with Crippen LogP contribution >= 0.6 is 23.1 Å². The van der Waals surface area contributed by atoms with Crippen molar-refractivity contribution in [3.05, 3.63) is 17.0 Å². The number of anilines is 1. The van der Waals surface area contributed by atoms with E-state index in [2.05, 4.69) is 5.32 Å². The molecule has 19 heavy (non-hydrogen) atoms. The molecular weight excluding hydrogens is 290 g/mol. The standard InChI is InChI=1S/C10H13N3O4S2/c11-6(10(16)17)3-18-4-7(14)13-9-5(8(12)15)1-2-19-9/h1-2,6H,3-4,11H2,(H2,12,15)(H,13,14)(H,16,17)/t6-/m1/s1. The van der Waals surface area contributed by atoms with E-state index in [1.54, 1.807) is 5.38 Å². The lowest BCUT2D eigenvalue weighted by Crippen LogP contribution is -2.33. The van der Waals surface area contributed by atoms with Crippen molar-refractivity contribution in [2.75, 3.05) is 16.8 Å². The van der Waals surface area contributed by atoms with Crippen LogP contribution in [0, 0.1) is 0 Å². The van der Waals surface area contributed by atoms with Gasteiger partial charge in [-0.05, 0) is 11.4 Å². The summed E-state index contributed by atoms with van der Waals surface area (Å²) in [6.45, 7) is 0. The van der Waals surface area contributed by atoms with Crippen LogP contribution in [0.5, 0.6) is 0 Å². The minimum Gasteiger partial charge on any atom is -0.480 e. The number of thioether (sulfide) groups is 1. The van der Waals surface area contributed by atoms with E-state index in [-0.39, 0.29) is 23.0 Å². The predicted molar refractivity (Wildman–Crippen MR) is 74.4 cm³/mol. The van der Waals surface area contributed by atoms with E-state index < -0.39 is 17.9 Å². The van der Waals surface area contributed by atoms with Crippen molar-refractivity contribution < 1.29 is 19.5 Å². The molecule has 0 fully saturated rings. The molecule has 1 heterocycles. The Hall–Kier alpha value is -1.58. The van der Waals surface area contributed by atoms with Crippen LogP contribution in [-0.4, -0.2) is 40.4 Å². The molecule has 0 saturated heterocycles. The number of rotatable bonds is 7. The Morgan fingerprint density at radius 2 is 2.16 bits per heavy atom. The van der Waals surface area contributed by atoms with Gasteiger partial charge in [-0.3, -0.25) is 14.4 Å². The van der Waals surface area contributed by atoms with Crippen molar-refractivity contribution in [2.45, 2.75) is 6.04 Å². The number of aliphatic carboxylic acids is 1. The van der Waals surface area contributed by atoms with Gasteiger partial charge in [0.15, 0.2) is 0 Å². The average Bonchev–Trinajstić information content (AvgIpc) is 2.76. The van der Waals surface area contributed by atoms with Crippen LogP contribution in [0.25, 0.3) is 0 Å². The molecule has 0 unspecified atom stereocenters. The second-order valence-corrected chi connectivity index (χ2v) is 5.48. The highest BCUT2D eigenvalue weighted by Gasteiger charge is 2.14. The third-order valence-electron chi connectivity index (χ3n) is 2.03. The number of carbonyl (C=O) groups is 3. The number of hydrogen-bond acceptors (Lipinski definition) is 6. The quantitative estimate of drug-likeness (QED) is 0.557. The molecule has 1 atom stereocenters. The third kappa shape index (κ3) is 4.89. The number of primary amides is 1. The summed E-state index contributed by atoms with van der Waals surface area (Å²) in [5.74, 6) is -1.88. The Morgan fingerprint density at radius 3 is 2.74 bits per heavy atom. The fraction of sp³-hybridized carbons (Fsp3) is 0.300. The third-order valence-corrected chi connectivity index (χ3v) is 3.92. The molecule has 0 aliphatic heterocycles. The van der Waals surface area contributed by atoms with Gasteiger partial charge in [-0.25, -0.2) is 0 Å². The Bertz CT molecular complexity index is 489. The van der Waals surface area contributed by atoms with Gasteiger partial charge in [-0.2, -0.15) is 0 Å². The van der Waals surface area contributed by atoms with E-state index in [1.165, 1.54) is 17.4 Å². The zero-order valence-corrected chi connectivity index (χ0v) is 11.4. The van der Waals surface area contributed by atoms with Crippen molar-refractivity contribution in [1.29, 1.82) is 0 Å². The fourth-order valence-electron chi connectivity index (χ4n) is 1.11. The van der Waals surface area contributed by atoms with Gasteiger partial charge in [-0.1, -0.05) is 0 Å². The first kappa shape index (κ1) is 15.5. The summed E-state index contributed by atoms with van der Waals surface area (Å²) in [6.07, 6.45) is 0. The van der Waals surface area contributed by atoms with Crippen LogP contribution < -0.4 is 16.8 Å². The van der Waals surface area contributed by atoms with E-state index in [1.807, 2.05) is 0 Å². The number of amides is 2. The molecule has 7 nitrogen and oxygen atoms in total. The van der Waals surface area contributed by atoms with Crippen molar-refractivity contribution in [1.82, 2.24) is 0 Å². The number of carboxylic acid groups (broad SMARTS) is 1. The molecule has 6 N–H and O–H groups in total. The molecule has 0 radical (unpaired) electrons. The van der Waals surface area contributed by atoms with Gasteiger partial charge < -0.3 is 21.9 Å². The highest BCUT2D eigenvalue weighted by Crippen LogP contribution is 2.22. The van der Waals surface area contributed by atoms with Crippen molar-refractivity contribution in [3.63, 3.8) is 0 Å². The number of hydrogen-bond donors (Lipinski definition) is 4. The molecule has 0 aromatic carbocycles. The van der Waals surface area contributed by atoms with Gasteiger partial charge in [0.05, 0.1) is 11.3 Å². The SMILES string of the molecule is NC(=O)c1ccsc1NC(=O)CSC[C@@H](N)C(=O)O. The lowest BCUT2D eigenvalue weighted by atomic mass is 10.3. The second-order valence-electron chi connectivity index (χ2n) is 3.54. The maximum absolute atomic E-state index is 11.6. The molecular formula is C10H13N3O4S2. The summed E-state index contributed by atoms with van der Waals surface area (Å²) in [5.41, 5.74) is 10.7. The molecule has 0 aliphatic carbocycles. The molecule has 2 amide bonds. The number of carbonyl (C=O) groups excluding carboxylic acids is 2. The maximum Gasteiger partial charge on any atom is 0.321 e. The summed E-state index contributed by atoms with van der Waals surface area (Å²) >= 11 is 2.29. The molecule has 0 aliphatic rings. The van der Waals surface area contributed by atoms with Gasteiger partial charge in [0.1, 0.15) is 11.0 Å². The summed E-state index contributed by atoms with van der Waals surface area (Å²) in [5, 5.41) is 13.1. The molecule has 1 aromatic heterocycles. The molecule has 0 spiro atoms. The minimum atomic E-state index is -1.11. The van der Waals surface area contributed by atoms with Gasteiger partial charge in [0.25, 0.3) is 5.91 Å². The van der Waals surface area contributed by atoms with Crippen LogP contribution in [0.3, 0.4) is 0 Å². The first-order chi connectivity index (χ1) is 8.91. The molecule has 104 valence electrons. The Kier molecular flexibility index (Phi) is 5.80. The van der Waals surface area contributed by atoms with Crippen LogP contribution in [0.4, 0.5) is 5.00 Å². The Labute approximate surface area is 117 Å². The van der Waals surface area contributed by atoms with Crippen LogP contribution in [-0.2, 0) is 9.59 Å². The van der Waals surface area contributed by atoms with E-state index in [9.17, 15) is 14.4 Å². The molecule has 1 aromatic rings. The molecule has 1 rings (SSSR count). The number of carboxylic acids is 1. The molecule has 9 heteroatoms. The monoisotopic (exact) mass is 303 g/mol. The van der Waals surface area contributed by atoms with E-state index in [0.717, 1.165) is 11.8 Å². The molecule has 0 saturated carbocycles. The summed E-state index contributed by atoms with van der Waals surface area (Å²) in [4.78, 5) is 33.1. The van der Waals surface area contributed by atoms with Crippen LogP contribution in [0.2, 0.25) is 0 Å². The van der Waals surface area contributed by atoms with Gasteiger partial charge in [0.2, 0.25) is 5.91 Å². The maximum atomic E-state index is 11.6. The fourth-order valence-corrected chi connectivity index (χ4v) is 2.69. The van der Waals surface area contributed by atoms with Gasteiger partial charge in [-0.15, -0.1) is 23.1 Å². The van der Waals surface area contributed by atoms with Crippen molar-refractivity contribution in [2.24, 2.45) is 11.5 Å². The lowest BCUT2D eigenvalue weighted by molar-refractivity contribution is -0.137. The number of nitrogens with two attached hydrogens (primary N) is 2. The van der Waals surface area contributed by atoms with Gasteiger partial charge in [0, 0.05) is 5.75 Å². The normalized spacial score (nSPS) is 11.8. The average molecular weight is 303 g/mol. The largest absolute Gasteiger partial charge is 0.480 e. The number of nitrogens with one attached hydrogen (secondary N) is 1. The highest BCUT2D eigenvalue weighted by molar-refractivity contribution is 8.00. The Balaban J connectivity index is 2.41. The summed E-state index contributed by atoms with van der Waals surface area (Å²) in [6, 6.07) is 0.525. The zero-order valence-electron chi connectivity index (χ0n) is 9.79. The first-order valence-electron chi connectivity index (χ1n) is 5.15. The van der Waals surface area contributed by atoms with Crippen molar-refractivity contribution >= 4 is 45.9 Å². The summed E-state index contributed by atoms with van der Waals surface area (Å²) in [7, 11) is 0. The van der Waals surface area contributed by atoms with E-state index in [0.29, 0.717) is 5.00 Å².